The number of aliphatic carboxylic acids is 2. The standard InChI is InChI=1S/C19H28N6O8/c20-11(3-4-15(27)28)18(31)25-5-1-2-14(25)17(30)24-13(8-26)16(29)23-12(19(32)33)6-10-7-21-9-22-10/h7,9,11-14,26H,1-6,8,20H2,(H,21,22)(H,23,29)(H,24,30)(H,27,28)(H,32,33). The van der Waals surface area contributed by atoms with Crippen molar-refractivity contribution < 1.29 is 39.3 Å². The van der Waals surface area contributed by atoms with E-state index in [0.717, 1.165) is 0 Å². The number of nitrogens with one attached hydrogen (secondary N) is 3. The fraction of sp³-hybridized carbons (Fsp3) is 0.579. The Bertz CT molecular complexity index is 860. The average Bonchev–Trinajstić information content (AvgIpc) is 3.46. The second-order valence-electron chi connectivity index (χ2n) is 7.65. The number of H-pyrrole nitrogens is 1. The topological polar surface area (TPSA) is 228 Å². The van der Waals surface area contributed by atoms with Crippen LogP contribution in [0.5, 0.6) is 0 Å². The van der Waals surface area contributed by atoms with Gasteiger partial charge in [0.25, 0.3) is 0 Å². The van der Waals surface area contributed by atoms with Gasteiger partial charge in [0.1, 0.15) is 18.1 Å². The third-order valence-electron chi connectivity index (χ3n) is 5.23. The zero-order chi connectivity index (χ0) is 24.5. The minimum Gasteiger partial charge on any atom is -0.481 e. The molecule has 1 aliphatic heterocycles. The van der Waals surface area contributed by atoms with Gasteiger partial charge in [0.15, 0.2) is 0 Å². The van der Waals surface area contributed by atoms with Crippen molar-refractivity contribution in [1.82, 2.24) is 25.5 Å². The number of nitrogens with two attached hydrogens (primary N) is 1. The molecule has 33 heavy (non-hydrogen) atoms. The van der Waals surface area contributed by atoms with Crippen LogP contribution in [0.1, 0.15) is 31.4 Å². The molecule has 0 bridgehead atoms. The molecule has 8 N–H and O–H groups in total. The van der Waals surface area contributed by atoms with Crippen molar-refractivity contribution in [2.24, 2.45) is 5.73 Å². The number of nitrogens with zero attached hydrogens (tertiary/aromatic N) is 2. The number of aliphatic hydroxyl groups is 1. The van der Waals surface area contributed by atoms with Crippen LogP contribution in [0.3, 0.4) is 0 Å². The third-order valence-corrected chi connectivity index (χ3v) is 5.23. The quantitative estimate of drug-likeness (QED) is 0.166. The number of aromatic nitrogens is 2. The first-order chi connectivity index (χ1) is 15.6. The number of aromatic amines is 1. The summed E-state index contributed by atoms with van der Waals surface area (Å²) in [7, 11) is 0. The Kier molecular flexibility index (Phi) is 9.30. The van der Waals surface area contributed by atoms with Crippen LogP contribution in [-0.2, 0) is 30.4 Å². The van der Waals surface area contributed by atoms with Crippen molar-refractivity contribution in [1.29, 1.82) is 0 Å². The van der Waals surface area contributed by atoms with Crippen molar-refractivity contribution in [3.05, 3.63) is 18.2 Å². The lowest BCUT2D eigenvalue weighted by molar-refractivity contribution is -0.143. The number of aliphatic hydroxyl groups excluding tert-OH is 1. The molecule has 1 fully saturated rings. The van der Waals surface area contributed by atoms with E-state index in [4.69, 9.17) is 10.8 Å². The maximum atomic E-state index is 12.7. The van der Waals surface area contributed by atoms with Crippen LogP contribution in [0.2, 0.25) is 0 Å². The molecular formula is C19H28N6O8. The van der Waals surface area contributed by atoms with Crippen LogP contribution < -0.4 is 16.4 Å². The molecule has 0 radical (unpaired) electrons. The van der Waals surface area contributed by atoms with Crippen molar-refractivity contribution >= 4 is 29.7 Å². The van der Waals surface area contributed by atoms with E-state index < -0.39 is 60.4 Å². The molecule has 2 heterocycles. The van der Waals surface area contributed by atoms with Crippen molar-refractivity contribution in [2.45, 2.75) is 56.3 Å². The van der Waals surface area contributed by atoms with E-state index in [1.165, 1.54) is 17.4 Å². The highest BCUT2D eigenvalue weighted by Crippen LogP contribution is 2.19. The maximum Gasteiger partial charge on any atom is 0.326 e. The molecular weight excluding hydrogens is 440 g/mol. The molecule has 0 aliphatic carbocycles. The number of carboxylic acids is 2. The maximum absolute atomic E-state index is 12.7. The molecule has 1 aliphatic rings. The largest absolute Gasteiger partial charge is 0.481 e. The van der Waals surface area contributed by atoms with Gasteiger partial charge in [-0.05, 0) is 19.3 Å². The summed E-state index contributed by atoms with van der Waals surface area (Å²) in [5, 5.41) is 32.3. The summed E-state index contributed by atoms with van der Waals surface area (Å²) >= 11 is 0. The first-order valence-corrected chi connectivity index (χ1v) is 10.3. The molecule has 14 nitrogen and oxygen atoms in total. The van der Waals surface area contributed by atoms with Gasteiger partial charge in [-0.15, -0.1) is 0 Å². The highest BCUT2D eigenvalue weighted by molar-refractivity contribution is 5.94. The van der Waals surface area contributed by atoms with E-state index in [0.29, 0.717) is 18.5 Å². The number of imidazole rings is 1. The minimum absolute atomic E-state index is 0.0897. The van der Waals surface area contributed by atoms with Crippen LogP contribution in [0.15, 0.2) is 12.5 Å². The molecule has 2 rings (SSSR count). The third kappa shape index (κ3) is 7.25. The summed E-state index contributed by atoms with van der Waals surface area (Å²) < 4.78 is 0. The van der Waals surface area contributed by atoms with Gasteiger partial charge in [0.2, 0.25) is 17.7 Å². The first-order valence-electron chi connectivity index (χ1n) is 10.3. The van der Waals surface area contributed by atoms with Gasteiger partial charge in [-0.2, -0.15) is 0 Å². The Morgan fingerprint density at radius 2 is 1.94 bits per heavy atom. The first kappa shape index (κ1) is 25.7. The molecule has 4 unspecified atom stereocenters. The fourth-order valence-corrected chi connectivity index (χ4v) is 3.47. The van der Waals surface area contributed by atoms with Crippen LogP contribution in [-0.4, -0.2) is 97.2 Å². The van der Waals surface area contributed by atoms with Gasteiger partial charge in [-0.3, -0.25) is 19.2 Å². The second-order valence-corrected chi connectivity index (χ2v) is 7.65. The monoisotopic (exact) mass is 468 g/mol. The van der Waals surface area contributed by atoms with E-state index in [1.807, 2.05) is 0 Å². The summed E-state index contributed by atoms with van der Waals surface area (Å²) in [5.41, 5.74) is 6.23. The van der Waals surface area contributed by atoms with E-state index in [-0.39, 0.29) is 25.8 Å². The summed E-state index contributed by atoms with van der Waals surface area (Å²) in [6.07, 6.45) is 3.07. The Morgan fingerprint density at radius 1 is 1.21 bits per heavy atom. The van der Waals surface area contributed by atoms with Gasteiger partial charge in [0, 0.05) is 31.3 Å². The highest BCUT2D eigenvalue weighted by atomic mass is 16.4. The molecule has 0 aromatic carbocycles. The van der Waals surface area contributed by atoms with E-state index >= 15 is 0 Å². The number of likely N-dealkylation sites (tertiary alicyclic amines) is 1. The Labute approximate surface area is 188 Å². The molecule has 3 amide bonds. The average molecular weight is 468 g/mol. The smallest absolute Gasteiger partial charge is 0.326 e. The number of carbonyl (C=O) groups excluding carboxylic acids is 3. The molecule has 0 saturated carbocycles. The van der Waals surface area contributed by atoms with Crippen LogP contribution in [0, 0.1) is 0 Å². The lowest BCUT2D eigenvalue weighted by Gasteiger charge is -2.28. The van der Waals surface area contributed by atoms with Gasteiger partial charge in [-0.25, -0.2) is 9.78 Å². The Hall–Kier alpha value is -3.52. The fourth-order valence-electron chi connectivity index (χ4n) is 3.47. The molecule has 1 aromatic heterocycles. The normalized spacial score (nSPS) is 18.2. The van der Waals surface area contributed by atoms with Gasteiger partial charge < -0.3 is 41.6 Å². The number of carboxylic acid groups (broad SMARTS) is 2. The van der Waals surface area contributed by atoms with Gasteiger partial charge in [-0.1, -0.05) is 0 Å². The van der Waals surface area contributed by atoms with Crippen molar-refractivity contribution in [3.63, 3.8) is 0 Å². The Morgan fingerprint density at radius 3 is 2.52 bits per heavy atom. The summed E-state index contributed by atoms with van der Waals surface area (Å²) in [6, 6.07) is -4.82. The number of hydrogen-bond acceptors (Lipinski definition) is 8. The van der Waals surface area contributed by atoms with E-state index in [2.05, 4.69) is 20.6 Å². The van der Waals surface area contributed by atoms with Crippen molar-refractivity contribution in [3.8, 4) is 0 Å². The van der Waals surface area contributed by atoms with E-state index in [1.54, 1.807) is 0 Å². The predicted octanol–water partition coefficient (Wildman–Crippen LogP) is -2.82. The zero-order valence-corrected chi connectivity index (χ0v) is 17.8. The lowest BCUT2D eigenvalue weighted by atomic mass is 10.1. The zero-order valence-electron chi connectivity index (χ0n) is 17.8. The van der Waals surface area contributed by atoms with Gasteiger partial charge in [0.05, 0.1) is 19.0 Å². The molecule has 182 valence electrons. The molecule has 1 saturated heterocycles. The van der Waals surface area contributed by atoms with E-state index in [9.17, 15) is 34.2 Å². The van der Waals surface area contributed by atoms with Crippen LogP contribution >= 0.6 is 0 Å². The SMILES string of the molecule is NC(CCC(=O)O)C(=O)N1CCCC1C(=O)NC(CO)C(=O)NC(Cc1cnc[nH]1)C(=O)O. The number of amides is 3. The number of hydrogen-bond donors (Lipinski definition) is 7. The summed E-state index contributed by atoms with van der Waals surface area (Å²) in [6.45, 7) is -0.564. The summed E-state index contributed by atoms with van der Waals surface area (Å²) in [5.74, 6) is -4.61. The Balaban J connectivity index is 1.98. The molecule has 1 aromatic rings. The molecule has 4 atom stereocenters. The van der Waals surface area contributed by atoms with Gasteiger partial charge >= 0.3 is 11.9 Å². The van der Waals surface area contributed by atoms with Crippen LogP contribution in [0.25, 0.3) is 0 Å². The molecule has 14 heteroatoms. The highest BCUT2D eigenvalue weighted by Gasteiger charge is 2.38. The van der Waals surface area contributed by atoms with Crippen LogP contribution in [0.4, 0.5) is 0 Å². The van der Waals surface area contributed by atoms with Crippen molar-refractivity contribution in [2.75, 3.05) is 13.2 Å². The predicted molar refractivity (Wildman–Crippen MR) is 110 cm³/mol. The second kappa shape index (κ2) is 11.9. The number of rotatable bonds is 12. The number of carbonyl (C=O) groups is 5. The summed E-state index contributed by atoms with van der Waals surface area (Å²) in [4.78, 5) is 67.7. The minimum atomic E-state index is -1.45. The lowest BCUT2D eigenvalue weighted by Crippen LogP contribution is -2.57. The molecule has 0 spiro atoms.